The quantitative estimate of drug-likeness (QED) is 0.810. The van der Waals surface area contributed by atoms with Crippen molar-refractivity contribution in [2.24, 2.45) is 5.41 Å². The highest BCUT2D eigenvalue weighted by molar-refractivity contribution is 5.98. The summed E-state index contributed by atoms with van der Waals surface area (Å²) in [6.45, 7) is 0.0579. The highest BCUT2D eigenvalue weighted by atomic mass is 16.5. The van der Waals surface area contributed by atoms with Gasteiger partial charge in [0.2, 0.25) is 11.8 Å². The van der Waals surface area contributed by atoms with Crippen molar-refractivity contribution in [1.29, 1.82) is 0 Å². The summed E-state index contributed by atoms with van der Waals surface area (Å²) in [5.41, 5.74) is -0.849. The van der Waals surface area contributed by atoms with Crippen LogP contribution in [0.5, 0.6) is 11.8 Å². The Labute approximate surface area is 134 Å². The van der Waals surface area contributed by atoms with E-state index in [4.69, 9.17) is 9.47 Å². The summed E-state index contributed by atoms with van der Waals surface area (Å²) in [5, 5.41) is 12.2. The van der Waals surface area contributed by atoms with E-state index < -0.39 is 17.3 Å². The van der Waals surface area contributed by atoms with E-state index in [1.165, 1.54) is 20.5 Å². The van der Waals surface area contributed by atoms with Crippen molar-refractivity contribution in [3.63, 3.8) is 0 Å². The minimum absolute atomic E-state index is 0.0579. The topological polar surface area (TPSA) is 111 Å². The van der Waals surface area contributed by atoms with E-state index in [-0.39, 0.29) is 23.9 Å². The van der Waals surface area contributed by atoms with Gasteiger partial charge in [0.25, 0.3) is 5.91 Å². The molecule has 1 aliphatic rings. The lowest BCUT2D eigenvalue weighted by Crippen LogP contribution is -2.44. The van der Waals surface area contributed by atoms with Crippen LogP contribution in [0.3, 0.4) is 0 Å². The maximum Gasteiger partial charge on any atom is 0.311 e. The zero-order valence-electron chi connectivity index (χ0n) is 13.3. The Hall–Kier alpha value is -2.38. The van der Waals surface area contributed by atoms with Crippen molar-refractivity contribution in [3.05, 3.63) is 11.9 Å². The lowest BCUT2D eigenvalue weighted by atomic mass is 9.74. The number of nitrogens with zero attached hydrogens (tertiary/aromatic N) is 2. The number of methoxy groups -OCH3 is 2. The van der Waals surface area contributed by atoms with Gasteiger partial charge >= 0.3 is 5.97 Å². The number of hydrogen-bond donors (Lipinski definition) is 2. The van der Waals surface area contributed by atoms with Gasteiger partial charge in [0.15, 0.2) is 5.56 Å². The first kappa shape index (κ1) is 17.0. The third kappa shape index (κ3) is 3.52. The number of aliphatic carboxylic acids is 1. The number of amides is 1. The molecule has 0 unspecified atom stereocenters. The van der Waals surface area contributed by atoms with Crippen LogP contribution >= 0.6 is 0 Å². The molecule has 0 bridgehead atoms. The average Bonchev–Trinajstić information content (AvgIpc) is 2.59. The Morgan fingerprint density at radius 3 is 2.22 bits per heavy atom. The summed E-state index contributed by atoms with van der Waals surface area (Å²) in [6, 6.07) is 0. The normalized spacial score (nSPS) is 16.4. The molecule has 0 spiro atoms. The number of carboxylic acid groups (broad SMARTS) is 1. The minimum atomic E-state index is -0.913. The molecule has 0 aromatic carbocycles. The van der Waals surface area contributed by atoms with E-state index in [0.29, 0.717) is 12.8 Å². The standard InChI is InChI=1S/C15H21N3O5/c1-22-12-10(13(23-2)18-9-17-12)11(19)16-8-15(14(20)21)6-4-3-5-7-15/h9H,3-8H2,1-2H3,(H,16,19)(H,20,21). The zero-order chi connectivity index (χ0) is 16.9. The molecular formula is C15H21N3O5. The molecule has 1 amide bonds. The van der Waals surface area contributed by atoms with E-state index in [9.17, 15) is 14.7 Å². The van der Waals surface area contributed by atoms with Gasteiger partial charge in [0.1, 0.15) is 6.33 Å². The van der Waals surface area contributed by atoms with E-state index >= 15 is 0 Å². The van der Waals surface area contributed by atoms with Gasteiger partial charge < -0.3 is 19.9 Å². The molecule has 1 aromatic heterocycles. The second-order valence-electron chi connectivity index (χ2n) is 5.60. The van der Waals surface area contributed by atoms with Crippen molar-refractivity contribution < 1.29 is 24.2 Å². The molecule has 1 fully saturated rings. The average molecular weight is 323 g/mol. The summed E-state index contributed by atoms with van der Waals surface area (Å²) < 4.78 is 10.1. The Morgan fingerprint density at radius 2 is 1.74 bits per heavy atom. The SMILES string of the molecule is COc1ncnc(OC)c1C(=O)NCC1(C(=O)O)CCCCC1. The molecule has 0 saturated heterocycles. The largest absolute Gasteiger partial charge is 0.481 e. The maximum absolute atomic E-state index is 12.5. The van der Waals surface area contributed by atoms with Gasteiger partial charge in [-0.2, -0.15) is 0 Å². The molecule has 2 N–H and O–H groups in total. The van der Waals surface area contributed by atoms with E-state index in [1.54, 1.807) is 0 Å². The molecule has 0 radical (unpaired) electrons. The molecule has 1 heterocycles. The fourth-order valence-corrected chi connectivity index (χ4v) is 2.89. The van der Waals surface area contributed by atoms with Crippen molar-refractivity contribution in [2.45, 2.75) is 32.1 Å². The van der Waals surface area contributed by atoms with Crippen LogP contribution < -0.4 is 14.8 Å². The second kappa shape index (κ2) is 7.26. The molecule has 8 nitrogen and oxygen atoms in total. The van der Waals surface area contributed by atoms with Crippen LogP contribution in [0.25, 0.3) is 0 Å². The number of aromatic nitrogens is 2. The van der Waals surface area contributed by atoms with Crippen LogP contribution in [0, 0.1) is 5.41 Å². The third-order valence-corrected chi connectivity index (χ3v) is 4.24. The molecule has 126 valence electrons. The molecule has 0 aliphatic heterocycles. The molecule has 8 heteroatoms. The number of ether oxygens (including phenoxy) is 2. The van der Waals surface area contributed by atoms with Gasteiger partial charge in [-0.05, 0) is 12.8 Å². The van der Waals surface area contributed by atoms with Crippen LogP contribution in [0.15, 0.2) is 6.33 Å². The van der Waals surface area contributed by atoms with Gasteiger partial charge in [0.05, 0.1) is 19.6 Å². The van der Waals surface area contributed by atoms with Crippen LogP contribution in [-0.4, -0.2) is 47.7 Å². The maximum atomic E-state index is 12.5. The highest BCUT2D eigenvalue weighted by Gasteiger charge is 2.40. The first-order valence-corrected chi connectivity index (χ1v) is 7.48. The fraction of sp³-hybridized carbons (Fsp3) is 0.600. The van der Waals surface area contributed by atoms with Crippen LogP contribution in [0.1, 0.15) is 42.5 Å². The molecule has 2 rings (SSSR count). The lowest BCUT2D eigenvalue weighted by Gasteiger charge is -2.33. The number of carbonyl (C=O) groups is 2. The number of hydrogen-bond acceptors (Lipinski definition) is 6. The zero-order valence-corrected chi connectivity index (χ0v) is 13.3. The Bertz CT molecular complexity index is 562. The smallest absolute Gasteiger partial charge is 0.311 e. The van der Waals surface area contributed by atoms with Gasteiger partial charge in [-0.3, -0.25) is 9.59 Å². The summed E-state index contributed by atoms with van der Waals surface area (Å²) in [4.78, 5) is 31.9. The van der Waals surface area contributed by atoms with Gasteiger partial charge in [-0.1, -0.05) is 19.3 Å². The monoisotopic (exact) mass is 323 g/mol. The Balaban J connectivity index is 2.17. The van der Waals surface area contributed by atoms with Crippen LogP contribution in [-0.2, 0) is 4.79 Å². The number of nitrogens with one attached hydrogen (secondary N) is 1. The number of rotatable bonds is 6. The Kier molecular flexibility index (Phi) is 5.36. The fourth-order valence-electron chi connectivity index (χ4n) is 2.89. The van der Waals surface area contributed by atoms with Crippen molar-refractivity contribution in [1.82, 2.24) is 15.3 Å². The van der Waals surface area contributed by atoms with Gasteiger partial charge in [-0.25, -0.2) is 9.97 Å². The molecule has 1 aromatic rings. The van der Waals surface area contributed by atoms with E-state index in [0.717, 1.165) is 19.3 Å². The van der Waals surface area contributed by atoms with Crippen LogP contribution in [0.4, 0.5) is 0 Å². The Morgan fingerprint density at radius 1 is 1.17 bits per heavy atom. The van der Waals surface area contributed by atoms with Crippen LogP contribution in [0.2, 0.25) is 0 Å². The summed E-state index contributed by atoms with van der Waals surface area (Å²) in [7, 11) is 2.77. The summed E-state index contributed by atoms with van der Waals surface area (Å²) in [6.07, 6.45) is 5.07. The molecule has 1 saturated carbocycles. The van der Waals surface area contributed by atoms with E-state index in [1.807, 2.05) is 0 Å². The summed E-state index contributed by atoms with van der Waals surface area (Å²) >= 11 is 0. The van der Waals surface area contributed by atoms with Crippen molar-refractivity contribution in [3.8, 4) is 11.8 Å². The summed E-state index contributed by atoms with van der Waals surface area (Å²) in [5.74, 6) is -1.21. The predicted molar refractivity (Wildman–Crippen MR) is 80.6 cm³/mol. The van der Waals surface area contributed by atoms with Gasteiger partial charge in [0, 0.05) is 6.54 Å². The third-order valence-electron chi connectivity index (χ3n) is 4.24. The van der Waals surface area contributed by atoms with E-state index in [2.05, 4.69) is 15.3 Å². The minimum Gasteiger partial charge on any atom is -0.481 e. The second-order valence-corrected chi connectivity index (χ2v) is 5.60. The molecule has 23 heavy (non-hydrogen) atoms. The highest BCUT2D eigenvalue weighted by Crippen LogP contribution is 2.36. The van der Waals surface area contributed by atoms with Crippen molar-refractivity contribution in [2.75, 3.05) is 20.8 Å². The lowest BCUT2D eigenvalue weighted by molar-refractivity contribution is -0.150. The number of carboxylic acids is 1. The predicted octanol–water partition coefficient (Wildman–Crippen LogP) is 1.26. The molecule has 0 atom stereocenters. The first-order chi connectivity index (χ1) is 11.0. The first-order valence-electron chi connectivity index (χ1n) is 7.48. The van der Waals surface area contributed by atoms with Gasteiger partial charge in [-0.15, -0.1) is 0 Å². The molecule has 1 aliphatic carbocycles. The van der Waals surface area contributed by atoms with Crippen molar-refractivity contribution >= 4 is 11.9 Å². The number of carbonyl (C=O) groups excluding carboxylic acids is 1. The molecular weight excluding hydrogens is 302 g/mol.